The number of hydrogen-bond acceptors (Lipinski definition) is 3. The van der Waals surface area contributed by atoms with Crippen LogP contribution in [0, 0.1) is 0 Å². The first-order chi connectivity index (χ1) is 15.3. The van der Waals surface area contributed by atoms with Crippen LogP contribution in [-0.2, 0) is 6.61 Å². The Hall–Kier alpha value is -4.00. The number of alkyl halides is 3. The maximum Gasteiger partial charge on any atom is 0.573 e. The topological polar surface area (TPSA) is 55.8 Å². The monoisotopic (exact) mass is 438 g/mol. The summed E-state index contributed by atoms with van der Waals surface area (Å²) in [6.45, 7) is 0.127. The summed E-state index contributed by atoms with van der Waals surface area (Å²) in [6, 6.07) is 23.4. The van der Waals surface area contributed by atoms with Crippen molar-refractivity contribution in [3.05, 3.63) is 96.1 Å². The van der Waals surface area contributed by atoms with Crippen molar-refractivity contribution in [3.8, 4) is 22.6 Å². The zero-order valence-electron chi connectivity index (χ0n) is 16.6. The van der Waals surface area contributed by atoms with Crippen LogP contribution in [0.3, 0.4) is 0 Å². The van der Waals surface area contributed by atoms with Gasteiger partial charge in [-0.25, -0.2) is 4.79 Å². The average molecular weight is 438 g/mol. The van der Waals surface area contributed by atoms with Crippen LogP contribution in [0.2, 0.25) is 0 Å². The minimum atomic E-state index is -4.81. The Kier molecular flexibility index (Phi) is 5.73. The molecule has 0 aliphatic heterocycles. The molecule has 0 saturated carbocycles. The van der Waals surface area contributed by atoms with Crippen LogP contribution >= 0.6 is 0 Å². The summed E-state index contributed by atoms with van der Waals surface area (Å²) in [5.41, 5.74) is 1.76. The third-order valence-electron chi connectivity index (χ3n) is 4.88. The highest BCUT2D eigenvalue weighted by atomic mass is 19.4. The lowest BCUT2D eigenvalue weighted by molar-refractivity contribution is -0.274. The van der Waals surface area contributed by atoms with Gasteiger partial charge in [0, 0.05) is 0 Å². The molecule has 0 aromatic heterocycles. The smallest absolute Gasteiger partial charge is 0.488 e. The van der Waals surface area contributed by atoms with E-state index >= 15 is 0 Å². The predicted molar refractivity (Wildman–Crippen MR) is 114 cm³/mol. The van der Waals surface area contributed by atoms with E-state index in [1.165, 1.54) is 36.4 Å². The SMILES string of the molecule is O=C(O)c1ccc(-c2cccc(OC(F)(F)F)c2)cc1OCc1cccc2ccccc12. The summed E-state index contributed by atoms with van der Waals surface area (Å²) < 4.78 is 47.5. The van der Waals surface area contributed by atoms with Crippen LogP contribution in [0.1, 0.15) is 15.9 Å². The van der Waals surface area contributed by atoms with Crippen LogP contribution in [0.4, 0.5) is 13.2 Å². The molecule has 4 rings (SSSR count). The maximum absolute atomic E-state index is 12.5. The highest BCUT2D eigenvalue weighted by Gasteiger charge is 2.31. The van der Waals surface area contributed by atoms with Crippen LogP contribution in [0.5, 0.6) is 11.5 Å². The molecule has 0 radical (unpaired) electrons. The van der Waals surface area contributed by atoms with Crippen molar-refractivity contribution < 1.29 is 32.5 Å². The Morgan fingerprint density at radius 1 is 0.844 bits per heavy atom. The number of benzene rings is 4. The first kappa shape index (κ1) is 21.2. The lowest BCUT2D eigenvalue weighted by atomic mass is 10.0. The predicted octanol–water partition coefficient (Wildman–Crippen LogP) is 6.68. The van der Waals surface area contributed by atoms with Gasteiger partial charge in [-0.05, 0) is 51.7 Å². The first-order valence-electron chi connectivity index (χ1n) is 9.63. The van der Waals surface area contributed by atoms with E-state index in [9.17, 15) is 23.1 Å². The van der Waals surface area contributed by atoms with E-state index in [1.807, 2.05) is 42.5 Å². The number of ether oxygens (including phenoxy) is 2. The summed E-state index contributed by atoms with van der Waals surface area (Å²) in [6.07, 6.45) is -4.81. The van der Waals surface area contributed by atoms with Crippen molar-refractivity contribution in [2.24, 2.45) is 0 Å². The second kappa shape index (κ2) is 8.63. The molecule has 0 aliphatic carbocycles. The molecule has 0 atom stereocenters. The van der Waals surface area contributed by atoms with Crippen molar-refractivity contribution in [1.82, 2.24) is 0 Å². The number of fused-ring (bicyclic) bond motifs is 1. The molecular weight excluding hydrogens is 421 g/mol. The van der Waals surface area contributed by atoms with E-state index < -0.39 is 12.3 Å². The largest absolute Gasteiger partial charge is 0.573 e. The molecule has 4 nitrogen and oxygen atoms in total. The molecule has 4 aromatic rings. The molecular formula is C25H17F3O4. The molecule has 162 valence electrons. The van der Waals surface area contributed by atoms with E-state index in [1.54, 1.807) is 6.07 Å². The number of aromatic carboxylic acids is 1. The molecule has 0 spiro atoms. The fourth-order valence-corrected chi connectivity index (χ4v) is 3.44. The number of hydrogen-bond donors (Lipinski definition) is 1. The zero-order chi connectivity index (χ0) is 22.7. The summed E-state index contributed by atoms with van der Waals surface area (Å²) in [5, 5.41) is 11.6. The van der Waals surface area contributed by atoms with Crippen LogP contribution < -0.4 is 9.47 Å². The summed E-state index contributed by atoms with van der Waals surface area (Å²) >= 11 is 0. The van der Waals surface area contributed by atoms with E-state index in [-0.39, 0.29) is 23.7 Å². The summed E-state index contributed by atoms with van der Waals surface area (Å²) in [5.74, 6) is -1.42. The number of halogens is 3. The van der Waals surface area contributed by atoms with Gasteiger partial charge in [-0.2, -0.15) is 0 Å². The number of carbonyl (C=O) groups is 1. The number of rotatable bonds is 6. The highest BCUT2D eigenvalue weighted by Crippen LogP contribution is 2.32. The molecule has 0 bridgehead atoms. The Morgan fingerprint density at radius 3 is 2.34 bits per heavy atom. The van der Waals surface area contributed by atoms with Gasteiger partial charge in [-0.15, -0.1) is 13.2 Å². The Bertz CT molecular complexity index is 1280. The van der Waals surface area contributed by atoms with Gasteiger partial charge in [0.1, 0.15) is 23.7 Å². The van der Waals surface area contributed by atoms with Gasteiger partial charge in [0.2, 0.25) is 0 Å². The molecule has 1 N–H and O–H groups in total. The Balaban J connectivity index is 1.66. The van der Waals surface area contributed by atoms with Crippen molar-refractivity contribution in [2.45, 2.75) is 13.0 Å². The van der Waals surface area contributed by atoms with Crippen molar-refractivity contribution >= 4 is 16.7 Å². The molecule has 0 amide bonds. The highest BCUT2D eigenvalue weighted by molar-refractivity contribution is 5.92. The quantitative estimate of drug-likeness (QED) is 0.365. The molecule has 0 fully saturated rings. The van der Waals surface area contributed by atoms with Crippen LogP contribution in [0.15, 0.2) is 84.9 Å². The van der Waals surface area contributed by atoms with Gasteiger partial charge in [-0.3, -0.25) is 0 Å². The molecule has 7 heteroatoms. The van der Waals surface area contributed by atoms with Gasteiger partial charge >= 0.3 is 12.3 Å². The first-order valence-corrected chi connectivity index (χ1v) is 9.63. The second-order valence-corrected chi connectivity index (χ2v) is 7.02. The molecule has 0 saturated heterocycles. The molecule has 4 aromatic carbocycles. The van der Waals surface area contributed by atoms with Crippen molar-refractivity contribution in [2.75, 3.05) is 0 Å². The Morgan fingerprint density at radius 2 is 1.56 bits per heavy atom. The van der Waals surface area contributed by atoms with E-state index in [0.29, 0.717) is 11.1 Å². The second-order valence-electron chi connectivity index (χ2n) is 7.02. The Labute approximate surface area is 181 Å². The third-order valence-corrected chi connectivity index (χ3v) is 4.88. The molecule has 32 heavy (non-hydrogen) atoms. The minimum absolute atomic E-state index is 0.0447. The summed E-state index contributed by atoms with van der Waals surface area (Å²) in [4.78, 5) is 11.7. The molecule has 0 unspecified atom stereocenters. The average Bonchev–Trinajstić information content (AvgIpc) is 2.76. The van der Waals surface area contributed by atoms with Crippen LogP contribution in [0.25, 0.3) is 21.9 Å². The molecule has 0 heterocycles. The van der Waals surface area contributed by atoms with E-state index in [0.717, 1.165) is 16.3 Å². The molecule has 0 aliphatic rings. The fraction of sp³-hybridized carbons (Fsp3) is 0.0800. The van der Waals surface area contributed by atoms with Gasteiger partial charge < -0.3 is 14.6 Å². The van der Waals surface area contributed by atoms with Gasteiger partial charge in [0.15, 0.2) is 0 Å². The van der Waals surface area contributed by atoms with Crippen LogP contribution in [-0.4, -0.2) is 17.4 Å². The maximum atomic E-state index is 12.5. The number of carboxylic acid groups (broad SMARTS) is 1. The fourth-order valence-electron chi connectivity index (χ4n) is 3.44. The minimum Gasteiger partial charge on any atom is -0.488 e. The van der Waals surface area contributed by atoms with Gasteiger partial charge in [0.25, 0.3) is 0 Å². The van der Waals surface area contributed by atoms with Crippen molar-refractivity contribution in [1.29, 1.82) is 0 Å². The zero-order valence-corrected chi connectivity index (χ0v) is 16.6. The number of carboxylic acids is 1. The van der Waals surface area contributed by atoms with Gasteiger partial charge in [0.05, 0.1) is 0 Å². The van der Waals surface area contributed by atoms with Crippen molar-refractivity contribution in [3.63, 3.8) is 0 Å². The van der Waals surface area contributed by atoms with Gasteiger partial charge in [-0.1, -0.05) is 60.7 Å². The third kappa shape index (κ3) is 4.83. The normalized spacial score (nSPS) is 11.3. The standard InChI is InChI=1S/C25H17F3O4/c26-25(27,28)32-20-9-4-7-17(13-20)18-11-12-22(24(29)30)23(14-18)31-15-19-8-3-6-16-5-1-2-10-21(16)19/h1-14H,15H2,(H,29,30). The van der Waals surface area contributed by atoms with E-state index in [4.69, 9.17) is 4.74 Å². The summed E-state index contributed by atoms with van der Waals surface area (Å²) in [7, 11) is 0. The lowest BCUT2D eigenvalue weighted by Gasteiger charge is -2.14. The van der Waals surface area contributed by atoms with E-state index in [2.05, 4.69) is 4.74 Å². The lowest BCUT2D eigenvalue weighted by Crippen LogP contribution is -2.17.